The number of aromatic nitrogens is 2. The maximum atomic E-state index is 5.45. The quantitative estimate of drug-likeness (QED) is 0.857. The molecule has 5 nitrogen and oxygen atoms in total. The summed E-state index contributed by atoms with van der Waals surface area (Å²) in [6.45, 7) is 8.15. The van der Waals surface area contributed by atoms with Crippen molar-refractivity contribution in [3.05, 3.63) is 42.0 Å². The summed E-state index contributed by atoms with van der Waals surface area (Å²) >= 11 is 0. The topological polar surface area (TPSA) is 41.5 Å². The fraction of sp³-hybridized carbons (Fsp3) is 0.500. The number of anilines is 1. The number of hydrogen-bond donors (Lipinski definition) is 0. The van der Waals surface area contributed by atoms with Gasteiger partial charge in [0.05, 0.1) is 18.9 Å². The molecule has 0 amide bonds. The highest BCUT2D eigenvalue weighted by molar-refractivity contribution is 5.60. The Kier molecular flexibility index (Phi) is 4.95. The molecule has 25 heavy (non-hydrogen) atoms. The first-order valence-electron chi connectivity index (χ1n) is 9.32. The van der Waals surface area contributed by atoms with E-state index in [0.29, 0.717) is 6.04 Å². The van der Waals surface area contributed by atoms with E-state index in [0.717, 1.165) is 56.5 Å². The molecule has 132 valence electrons. The summed E-state index contributed by atoms with van der Waals surface area (Å²) in [6, 6.07) is 13.3. The van der Waals surface area contributed by atoms with Crippen LogP contribution < -0.4 is 4.90 Å². The second-order valence-electron chi connectivity index (χ2n) is 6.92. The van der Waals surface area contributed by atoms with Crippen LogP contribution in [0.25, 0.3) is 11.3 Å². The zero-order valence-corrected chi connectivity index (χ0v) is 14.9. The van der Waals surface area contributed by atoms with Crippen molar-refractivity contribution in [2.45, 2.75) is 25.8 Å². The van der Waals surface area contributed by atoms with E-state index in [9.17, 15) is 0 Å². The smallest absolute Gasteiger partial charge is 0.151 e. The van der Waals surface area contributed by atoms with Gasteiger partial charge in [0.1, 0.15) is 0 Å². The molecule has 1 aromatic carbocycles. The average Bonchev–Trinajstić information content (AvgIpc) is 3.23. The van der Waals surface area contributed by atoms with Crippen molar-refractivity contribution in [3.63, 3.8) is 0 Å². The van der Waals surface area contributed by atoms with Gasteiger partial charge in [0.25, 0.3) is 0 Å². The molecule has 5 heteroatoms. The number of morpholine rings is 1. The van der Waals surface area contributed by atoms with Crippen molar-refractivity contribution in [2.75, 3.05) is 44.3 Å². The van der Waals surface area contributed by atoms with E-state index in [1.54, 1.807) is 0 Å². The van der Waals surface area contributed by atoms with E-state index >= 15 is 0 Å². The molecule has 2 saturated heterocycles. The van der Waals surface area contributed by atoms with Gasteiger partial charge in [-0.25, -0.2) is 0 Å². The van der Waals surface area contributed by atoms with E-state index in [-0.39, 0.29) is 0 Å². The molecule has 0 radical (unpaired) electrons. The lowest BCUT2D eigenvalue weighted by Crippen LogP contribution is -2.37. The van der Waals surface area contributed by atoms with Crippen LogP contribution in [0.1, 0.15) is 31.4 Å². The van der Waals surface area contributed by atoms with Crippen molar-refractivity contribution in [1.82, 2.24) is 15.1 Å². The van der Waals surface area contributed by atoms with Crippen molar-refractivity contribution in [2.24, 2.45) is 0 Å². The molecule has 2 aliphatic rings. The van der Waals surface area contributed by atoms with Crippen LogP contribution >= 0.6 is 0 Å². The van der Waals surface area contributed by atoms with Crippen LogP contribution in [0.2, 0.25) is 0 Å². The van der Waals surface area contributed by atoms with E-state index in [1.165, 1.54) is 18.4 Å². The second kappa shape index (κ2) is 7.50. The Morgan fingerprint density at radius 2 is 1.60 bits per heavy atom. The first-order chi connectivity index (χ1) is 12.3. The maximum absolute atomic E-state index is 5.45. The van der Waals surface area contributed by atoms with E-state index in [2.05, 4.69) is 63.3 Å². The fourth-order valence-corrected chi connectivity index (χ4v) is 3.70. The normalized spacial score (nSPS) is 20.0. The monoisotopic (exact) mass is 338 g/mol. The largest absolute Gasteiger partial charge is 0.379 e. The summed E-state index contributed by atoms with van der Waals surface area (Å²) in [7, 11) is 0. The minimum absolute atomic E-state index is 0.418. The van der Waals surface area contributed by atoms with Crippen molar-refractivity contribution in [3.8, 4) is 11.3 Å². The second-order valence-corrected chi connectivity index (χ2v) is 6.92. The molecule has 0 spiro atoms. The van der Waals surface area contributed by atoms with Crippen LogP contribution in [-0.2, 0) is 4.74 Å². The SMILES string of the molecule is C[C@@H](c1ccc(-c2ccc(N3CCCC3)nn2)cc1)N1CCOCC1. The van der Waals surface area contributed by atoms with Gasteiger partial charge < -0.3 is 9.64 Å². The van der Waals surface area contributed by atoms with E-state index in [1.807, 2.05) is 0 Å². The number of nitrogens with zero attached hydrogens (tertiary/aromatic N) is 4. The summed E-state index contributed by atoms with van der Waals surface area (Å²) in [6.07, 6.45) is 2.51. The van der Waals surface area contributed by atoms with Crippen LogP contribution in [0.5, 0.6) is 0 Å². The predicted octanol–water partition coefficient (Wildman–Crippen LogP) is 3.14. The Labute approximate surface area is 149 Å². The van der Waals surface area contributed by atoms with Gasteiger partial charge in [-0.05, 0) is 37.5 Å². The number of ether oxygens (including phenoxy) is 1. The van der Waals surface area contributed by atoms with Gasteiger partial charge in [-0.3, -0.25) is 4.90 Å². The van der Waals surface area contributed by atoms with Gasteiger partial charge in [-0.1, -0.05) is 24.3 Å². The average molecular weight is 338 g/mol. The van der Waals surface area contributed by atoms with Gasteiger partial charge in [-0.15, -0.1) is 10.2 Å². The van der Waals surface area contributed by atoms with Crippen LogP contribution in [0.3, 0.4) is 0 Å². The van der Waals surface area contributed by atoms with Crippen LogP contribution in [0, 0.1) is 0 Å². The Bertz CT molecular complexity index is 674. The van der Waals surface area contributed by atoms with Gasteiger partial charge >= 0.3 is 0 Å². The summed E-state index contributed by atoms with van der Waals surface area (Å²) < 4.78 is 5.45. The zero-order valence-electron chi connectivity index (χ0n) is 14.9. The predicted molar refractivity (Wildman–Crippen MR) is 99.7 cm³/mol. The van der Waals surface area contributed by atoms with E-state index < -0.39 is 0 Å². The molecule has 0 N–H and O–H groups in total. The van der Waals surface area contributed by atoms with E-state index in [4.69, 9.17) is 4.74 Å². The molecule has 0 saturated carbocycles. The standard InChI is InChI=1S/C20H26N4O/c1-16(23-12-14-25-15-13-23)17-4-6-18(7-5-17)19-8-9-20(22-21-19)24-10-2-3-11-24/h4-9,16H,2-3,10-15H2,1H3/t16-/m0/s1. The molecule has 3 heterocycles. The third kappa shape index (κ3) is 3.67. The Morgan fingerprint density at radius 3 is 2.24 bits per heavy atom. The molecular formula is C20H26N4O. The summed E-state index contributed by atoms with van der Waals surface area (Å²) in [5.41, 5.74) is 3.40. The molecule has 2 aliphatic heterocycles. The molecule has 1 atom stereocenters. The number of hydrogen-bond acceptors (Lipinski definition) is 5. The lowest BCUT2D eigenvalue weighted by atomic mass is 10.0. The van der Waals surface area contributed by atoms with Gasteiger partial charge in [0.15, 0.2) is 5.82 Å². The highest BCUT2D eigenvalue weighted by Crippen LogP contribution is 2.25. The molecular weight excluding hydrogens is 312 g/mol. The number of benzene rings is 1. The first-order valence-corrected chi connectivity index (χ1v) is 9.32. The molecule has 1 aromatic heterocycles. The summed E-state index contributed by atoms with van der Waals surface area (Å²) in [5.74, 6) is 0.999. The van der Waals surface area contributed by atoms with Crippen molar-refractivity contribution in [1.29, 1.82) is 0 Å². The highest BCUT2D eigenvalue weighted by Gasteiger charge is 2.18. The Hall–Kier alpha value is -1.98. The number of rotatable bonds is 4. The van der Waals surface area contributed by atoms with Crippen LogP contribution in [0.15, 0.2) is 36.4 Å². The molecule has 0 aliphatic carbocycles. The third-order valence-corrected chi connectivity index (χ3v) is 5.36. The molecule has 0 unspecified atom stereocenters. The maximum Gasteiger partial charge on any atom is 0.151 e. The van der Waals surface area contributed by atoms with Crippen LogP contribution in [-0.4, -0.2) is 54.5 Å². The van der Waals surface area contributed by atoms with Gasteiger partial charge in [0.2, 0.25) is 0 Å². The van der Waals surface area contributed by atoms with Gasteiger partial charge in [0, 0.05) is 37.8 Å². The first kappa shape index (κ1) is 16.5. The van der Waals surface area contributed by atoms with Gasteiger partial charge in [-0.2, -0.15) is 0 Å². The Balaban J connectivity index is 1.46. The third-order valence-electron chi connectivity index (χ3n) is 5.36. The minimum atomic E-state index is 0.418. The zero-order chi connectivity index (χ0) is 17.1. The Morgan fingerprint density at radius 1 is 0.880 bits per heavy atom. The lowest BCUT2D eigenvalue weighted by molar-refractivity contribution is 0.0198. The molecule has 2 fully saturated rings. The minimum Gasteiger partial charge on any atom is -0.379 e. The molecule has 0 bridgehead atoms. The van der Waals surface area contributed by atoms with Crippen molar-refractivity contribution >= 4 is 5.82 Å². The summed E-state index contributed by atoms with van der Waals surface area (Å²) in [4.78, 5) is 4.78. The van der Waals surface area contributed by atoms with Crippen LogP contribution in [0.4, 0.5) is 5.82 Å². The lowest BCUT2D eigenvalue weighted by Gasteiger charge is -2.32. The molecule has 4 rings (SSSR count). The highest BCUT2D eigenvalue weighted by atomic mass is 16.5. The fourth-order valence-electron chi connectivity index (χ4n) is 3.70. The van der Waals surface area contributed by atoms with Crippen molar-refractivity contribution < 1.29 is 4.74 Å². The molecule has 2 aromatic rings. The summed E-state index contributed by atoms with van der Waals surface area (Å²) in [5, 5.41) is 8.86.